The highest BCUT2D eigenvalue weighted by Crippen LogP contribution is 2.36. The number of furan rings is 1. The third-order valence-corrected chi connectivity index (χ3v) is 5.34. The van der Waals surface area contributed by atoms with Crippen molar-refractivity contribution in [2.45, 2.75) is 32.6 Å². The number of allylic oxidation sites excluding steroid dienone is 4. The Morgan fingerprint density at radius 1 is 1.23 bits per heavy atom. The molecule has 0 saturated heterocycles. The van der Waals surface area contributed by atoms with Gasteiger partial charge in [0.05, 0.1) is 16.8 Å². The summed E-state index contributed by atoms with van der Waals surface area (Å²) in [4.78, 5) is 11.9. The van der Waals surface area contributed by atoms with Gasteiger partial charge in [0.1, 0.15) is 22.9 Å². The molecule has 8 heteroatoms. The molecule has 0 radical (unpaired) electrons. The number of halogens is 2. The number of hydrogen-bond acceptors (Lipinski definition) is 5. The van der Waals surface area contributed by atoms with E-state index in [4.69, 9.17) is 20.5 Å². The van der Waals surface area contributed by atoms with E-state index >= 15 is 0 Å². The minimum atomic E-state index is -0.266. The Labute approximate surface area is 176 Å². The number of imidazole rings is 1. The van der Waals surface area contributed by atoms with E-state index in [1.165, 1.54) is 0 Å². The molecule has 0 atom stereocenters. The monoisotopic (exact) mass is 424 g/mol. The lowest BCUT2D eigenvalue weighted by Crippen LogP contribution is -1.96. The van der Waals surface area contributed by atoms with Gasteiger partial charge in [0, 0.05) is 23.3 Å². The van der Waals surface area contributed by atoms with Crippen LogP contribution < -0.4 is 0 Å². The standard InChI is InChI=1S/C22H18ClFN4O2/c1-11(2)20-27-22(30-28-20)12-6-7-17-13(8-12)9-18(29-17)16-10-25-21(26-16)19-14(23)4-3-5-15(19)24/h4,6-11H,3,5H2,1-2H3,(H,25,26). The first-order valence-electron chi connectivity index (χ1n) is 9.67. The molecule has 1 aliphatic carbocycles. The molecule has 0 aliphatic heterocycles. The molecule has 0 fully saturated rings. The Morgan fingerprint density at radius 2 is 2.10 bits per heavy atom. The van der Waals surface area contributed by atoms with E-state index in [0.29, 0.717) is 58.0 Å². The second-order valence-corrected chi connectivity index (χ2v) is 7.90. The molecule has 3 heterocycles. The fraction of sp³-hybridized carbons (Fsp3) is 0.227. The topological polar surface area (TPSA) is 80.7 Å². The molecule has 4 aromatic rings. The maximum absolute atomic E-state index is 14.3. The number of H-pyrrole nitrogens is 1. The number of nitrogens with zero attached hydrogens (tertiary/aromatic N) is 3. The lowest BCUT2D eigenvalue weighted by Gasteiger charge is -2.10. The van der Waals surface area contributed by atoms with Crippen LogP contribution in [-0.2, 0) is 0 Å². The van der Waals surface area contributed by atoms with Crippen molar-refractivity contribution < 1.29 is 13.3 Å². The largest absolute Gasteiger partial charge is 0.454 e. The quantitative estimate of drug-likeness (QED) is 0.399. The molecule has 0 bridgehead atoms. The van der Waals surface area contributed by atoms with Crippen LogP contribution in [0.25, 0.3) is 39.5 Å². The van der Waals surface area contributed by atoms with Crippen LogP contribution in [0.5, 0.6) is 0 Å². The highest BCUT2D eigenvalue weighted by atomic mass is 35.5. The summed E-state index contributed by atoms with van der Waals surface area (Å²) in [7, 11) is 0. The van der Waals surface area contributed by atoms with Crippen LogP contribution in [0.2, 0.25) is 0 Å². The Hall–Kier alpha value is -3.19. The summed E-state index contributed by atoms with van der Waals surface area (Å²) in [5, 5.41) is 5.26. The molecule has 0 spiro atoms. The molecule has 0 amide bonds. The molecule has 1 aliphatic rings. The van der Waals surface area contributed by atoms with Gasteiger partial charge in [0.25, 0.3) is 5.89 Å². The van der Waals surface area contributed by atoms with E-state index in [9.17, 15) is 4.39 Å². The molecular formula is C22H18ClFN4O2. The summed E-state index contributed by atoms with van der Waals surface area (Å²) in [6, 6.07) is 7.55. The van der Waals surface area contributed by atoms with Crippen molar-refractivity contribution >= 4 is 28.1 Å². The fourth-order valence-electron chi connectivity index (χ4n) is 3.39. The number of nitrogens with one attached hydrogen (secondary N) is 1. The highest BCUT2D eigenvalue weighted by Gasteiger charge is 2.21. The Balaban J connectivity index is 1.49. The molecule has 0 saturated carbocycles. The summed E-state index contributed by atoms with van der Waals surface area (Å²) in [6.45, 7) is 4.02. The third kappa shape index (κ3) is 3.25. The van der Waals surface area contributed by atoms with E-state index in [0.717, 1.165) is 10.9 Å². The van der Waals surface area contributed by atoms with Gasteiger partial charge in [-0.3, -0.25) is 0 Å². The van der Waals surface area contributed by atoms with Gasteiger partial charge in [-0.25, -0.2) is 9.37 Å². The second kappa shape index (κ2) is 7.25. The number of fused-ring (bicyclic) bond motifs is 1. The van der Waals surface area contributed by atoms with Gasteiger partial charge >= 0.3 is 0 Å². The van der Waals surface area contributed by atoms with E-state index < -0.39 is 0 Å². The first kappa shape index (κ1) is 18.8. The van der Waals surface area contributed by atoms with Gasteiger partial charge in [-0.05, 0) is 30.7 Å². The summed E-state index contributed by atoms with van der Waals surface area (Å²) in [5.41, 5.74) is 2.46. The van der Waals surface area contributed by atoms with E-state index in [1.807, 2.05) is 38.1 Å². The molecule has 0 unspecified atom stereocenters. The average Bonchev–Trinajstić information content (AvgIpc) is 3.46. The van der Waals surface area contributed by atoms with Gasteiger partial charge < -0.3 is 13.9 Å². The Bertz CT molecular complexity index is 1310. The van der Waals surface area contributed by atoms with Crippen LogP contribution in [0.3, 0.4) is 0 Å². The first-order valence-corrected chi connectivity index (χ1v) is 10.1. The average molecular weight is 425 g/mol. The van der Waals surface area contributed by atoms with Crippen LogP contribution in [-0.4, -0.2) is 20.1 Å². The maximum Gasteiger partial charge on any atom is 0.257 e. The Morgan fingerprint density at radius 3 is 2.87 bits per heavy atom. The third-order valence-electron chi connectivity index (χ3n) is 5.00. The summed E-state index contributed by atoms with van der Waals surface area (Å²) in [6.07, 6.45) is 4.32. The second-order valence-electron chi connectivity index (χ2n) is 7.49. The predicted octanol–water partition coefficient (Wildman–Crippen LogP) is 6.59. The van der Waals surface area contributed by atoms with Gasteiger partial charge in [0.15, 0.2) is 11.6 Å². The SMILES string of the molecule is CC(C)c1noc(-c2ccc3oc(-c4cnc(C5=C(F)CCC=C5Cl)[nH]4)cc3c2)n1. The van der Waals surface area contributed by atoms with E-state index in [-0.39, 0.29) is 11.7 Å². The van der Waals surface area contributed by atoms with Crippen molar-refractivity contribution in [3.8, 4) is 22.9 Å². The van der Waals surface area contributed by atoms with Crippen molar-refractivity contribution in [1.29, 1.82) is 0 Å². The number of aromatic amines is 1. The van der Waals surface area contributed by atoms with E-state index in [2.05, 4.69) is 20.1 Å². The molecule has 1 N–H and O–H groups in total. The molecule has 5 rings (SSSR count). The molecular weight excluding hydrogens is 407 g/mol. The highest BCUT2D eigenvalue weighted by molar-refractivity contribution is 6.37. The number of aromatic nitrogens is 4. The summed E-state index contributed by atoms with van der Waals surface area (Å²) < 4.78 is 25.6. The smallest absolute Gasteiger partial charge is 0.257 e. The molecule has 1 aromatic carbocycles. The van der Waals surface area contributed by atoms with Crippen LogP contribution in [0.15, 0.2) is 56.3 Å². The van der Waals surface area contributed by atoms with Gasteiger partial charge in [0.2, 0.25) is 0 Å². The Kier molecular flexibility index (Phi) is 4.55. The van der Waals surface area contributed by atoms with E-state index in [1.54, 1.807) is 12.3 Å². The van der Waals surface area contributed by atoms with Crippen LogP contribution >= 0.6 is 11.6 Å². The number of rotatable bonds is 4. The minimum absolute atomic E-state index is 0.189. The van der Waals surface area contributed by atoms with Crippen LogP contribution in [0, 0.1) is 0 Å². The van der Waals surface area contributed by atoms with Crippen LogP contribution in [0.4, 0.5) is 4.39 Å². The summed E-state index contributed by atoms with van der Waals surface area (Å²) in [5.74, 6) is 2.03. The zero-order valence-electron chi connectivity index (χ0n) is 16.4. The van der Waals surface area contributed by atoms with Crippen molar-refractivity contribution in [1.82, 2.24) is 20.1 Å². The normalized spacial score (nSPS) is 14.8. The minimum Gasteiger partial charge on any atom is -0.454 e. The predicted molar refractivity (Wildman–Crippen MR) is 112 cm³/mol. The molecule has 3 aromatic heterocycles. The zero-order chi connectivity index (χ0) is 20.8. The summed E-state index contributed by atoms with van der Waals surface area (Å²) >= 11 is 6.19. The van der Waals surface area contributed by atoms with Gasteiger partial charge in [-0.2, -0.15) is 4.98 Å². The lowest BCUT2D eigenvalue weighted by molar-refractivity contribution is 0.419. The number of benzene rings is 1. The van der Waals surface area contributed by atoms with Crippen molar-refractivity contribution in [2.75, 3.05) is 0 Å². The van der Waals surface area contributed by atoms with Crippen molar-refractivity contribution in [3.63, 3.8) is 0 Å². The molecule has 6 nitrogen and oxygen atoms in total. The zero-order valence-corrected chi connectivity index (χ0v) is 17.1. The van der Waals surface area contributed by atoms with Crippen molar-refractivity contribution in [2.24, 2.45) is 0 Å². The van der Waals surface area contributed by atoms with Crippen molar-refractivity contribution in [3.05, 3.63) is 59.0 Å². The molecule has 30 heavy (non-hydrogen) atoms. The van der Waals surface area contributed by atoms with Crippen LogP contribution in [0.1, 0.15) is 44.3 Å². The van der Waals surface area contributed by atoms with Gasteiger partial charge in [-0.15, -0.1) is 0 Å². The lowest BCUT2D eigenvalue weighted by atomic mass is 10.1. The molecule has 152 valence electrons. The first-order chi connectivity index (χ1) is 14.5. The van der Waals surface area contributed by atoms with Gasteiger partial charge in [-0.1, -0.05) is 36.7 Å². The maximum atomic E-state index is 14.3. The fourth-order valence-corrected chi connectivity index (χ4v) is 3.69. The number of hydrogen-bond donors (Lipinski definition) is 1.